The van der Waals surface area contributed by atoms with Gasteiger partial charge in [0.05, 0.1) is 7.11 Å². The number of methoxy groups -OCH3 is 1. The first-order valence-electron chi connectivity index (χ1n) is 8.69. The fourth-order valence-electron chi connectivity index (χ4n) is 3.08. The predicted octanol–water partition coefficient (Wildman–Crippen LogP) is 1.43. The van der Waals surface area contributed by atoms with Crippen molar-refractivity contribution in [3.05, 3.63) is 59.8 Å². The van der Waals surface area contributed by atoms with E-state index < -0.39 is 17.9 Å². The molecule has 9 heteroatoms. The number of nitrogens with zero attached hydrogens (tertiary/aromatic N) is 4. The zero-order valence-electron chi connectivity index (χ0n) is 15.3. The lowest BCUT2D eigenvalue weighted by Gasteiger charge is -2.15. The van der Waals surface area contributed by atoms with Crippen LogP contribution in [-0.4, -0.2) is 49.6 Å². The molecule has 0 fully saturated rings. The molecule has 1 unspecified atom stereocenters. The summed E-state index contributed by atoms with van der Waals surface area (Å²) in [7, 11) is 1.28. The number of aromatic amines is 1. The minimum absolute atomic E-state index is 0.0605. The fourth-order valence-corrected chi connectivity index (χ4v) is 3.08. The number of aryl methyl sites for hydroxylation is 1. The smallest absolute Gasteiger partial charge is 0.328 e. The summed E-state index contributed by atoms with van der Waals surface area (Å²) in [6.45, 7) is 1.83. The van der Waals surface area contributed by atoms with Crippen molar-refractivity contribution in [1.29, 1.82) is 0 Å². The number of esters is 1. The number of H-pyrrole nitrogens is 1. The Morgan fingerprint density at radius 1 is 1.29 bits per heavy atom. The normalized spacial score (nSPS) is 12.2. The zero-order valence-corrected chi connectivity index (χ0v) is 15.3. The van der Waals surface area contributed by atoms with Gasteiger partial charge in [0.15, 0.2) is 0 Å². The fraction of sp³-hybridized carbons (Fsp3) is 0.211. The van der Waals surface area contributed by atoms with Crippen LogP contribution in [0, 0.1) is 6.92 Å². The largest absolute Gasteiger partial charge is 0.467 e. The van der Waals surface area contributed by atoms with Crippen LogP contribution in [0.25, 0.3) is 16.7 Å². The van der Waals surface area contributed by atoms with Gasteiger partial charge in [-0.15, -0.1) is 5.10 Å². The molecule has 9 nitrogen and oxygen atoms in total. The molecule has 4 aromatic rings. The Morgan fingerprint density at radius 2 is 2.11 bits per heavy atom. The van der Waals surface area contributed by atoms with Crippen LogP contribution in [0.15, 0.2) is 42.7 Å². The lowest BCUT2D eigenvalue weighted by Crippen LogP contribution is -2.43. The Kier molecular flexibility index (Phi) is 4.48. The van der Waals surface area contributed by atoms with Gasteiger partial charge < -0.3 is 15.0 Å². The predicted molar refractivity (Wildman–Crippen MR) is 101 cm³/mol. The van der Waals surface area contributed by atoms with E-state index in [1.807, 2.05) is 37.4 Å². The van der Waals surface area contributed by atoms with Gasteiger partial charge in [0.25, 0.3) is 11.7 Å². The molecule has 0 aliphatic carbocycles. The van der Waals surface area contributed by atoms with Crippen molar-refractivity contribution in [2.24, 2.45) is 0 Å². The van der Waals surface area contributed by atoms with Gasteiger partial charge >= 0.3 is 5.97 Å². The van der Waals surface area contributed by atoms with E-state index in [0.717, 1.165) is 22.2 Å². The topological polar surface area (TPSA) is 114 Å². The number of aromatic nitrogens is 5. The molecule has 0 saturated heterocycles. The molecule has 0 aliphatic rings. The van der Waals surface area contributed by atoms with Gasteiger partial charge in [-0.2, -0.15) is 4.98 Å². The molecular weight excluding hydrogens is 360 g/mol. The van der Waals surface area contributed by atoms with Gasteiger partial charge in [0.1, 0.15) is 6.04 Å². The molecule has 28 heavy (non-hydrogen) atoms. The number of ether oxygens (including phenoxy) is 1. The SMILES string of the molecule is COC(=O)C(Cc1c[nH]c2ccccc12)NC(=O)c1nc2nccc(C)n2n1. The first kappa shape index (κ1) is 17.7. The van der Waals surface area contributed by atoms with Gasteiger partial charge in [-0.05, 0) is 24.6 Å². The number of carbonyl (C=O) groups is 2. The van der Waals surface area contributed by atoms with E-state index in [9.17, 15) is 9.59 Å². The second kappa shape index (κ2) is 7.10. The molecule has 0 bridgehead atoms. The number of benzene rings is 1. The van der Waals surface area contributed by atoms with Crippen molar-refractivity contribution in [3.63, 3.8) is 0 Å². The van der Waals surface area contributed by atoms with E-state index >= 15 is 0 Å². The zero-order chi connectivity index (χ0) is 19.7. The average Bonchev–Trinajstić information content (AvgIpc) is 3.32. The molecule has 4 rings (SSSR count). The number of fused-ring (bicyclic) bond motifs is 2. The van der Waals surface area contributed by atoms with E-state index in [0.29, 0.717) is 5.78 Å². The van der Waals surface area contributed by atoms with Crippen LogP contribution in [0.2, 0.25) is 0 Å². The van der Waals surface area contributed by atoms with Crippen molar-refractivity contribution in [2.45, 2.75) is 19.4 Å². The molecular formula is C19H18N6O3. The molecule has 0 saturated carbocycles. The third-order valence-electron chi connectivity index (χ3n) is 4.52. The van der Waals surface area contributed by atoms with Crippen LogP contribution >= 0.6 is 0 Å². The van der Waals surface area contributed by atoms with Crippen molar-refractivity contribution >= 4 is 28.6 Å². The van der Waals surface area contributed by atoms with Crippen molar-refractivity contribution in [2.75, 3.05) is 7.11 Å². The molecule has 1 aromatic carbocycles. The van der Waals surface area contributed by atoms with E-state index in [2.05, 4.69) is 25.4 Å². The highest BCUT2D eigenvalue weighted by atomic mass is 16.5. The second-order valence-electron chi connectivity index (χ2n) is 6.35. The number of rotatable bonds is 5. The number of para-hydroxylation sites is 1. The first-order chi connectivity index (χ1) is 13.6. The van der Waals surface area contributed by atoms with Gasteiger partial charge in [0, 0.05) is 35.4 Å². The summed E-state index contributed by atoms with van der Waals surface area (Å²) in [4.78, 5) is 36.3. The quantitative estimate of drug-likeness (QED) is 0.508. The highest BCUT2D eigenvalue weighted by Gasteiger charge is 2.26. The van der Waals surface area contributed by atoms with Gasteiger partial charge in [0.2, 0.25) is 5.82 Å². The van der Waals surface area contributed by atoms with Crippen LogP contribution in [0.3, 0.4) is 0 Å². The molecule has 2 N–H and O–H groups in total. The van der Waals surface area contributed by atoms with E-state index in [4.69, 9.17) is 4.74 Å². The van der Waals surface area contributed by atoms with Crippen LogP contribution < -0.4 is 5.32 Å². The Hall–Kier alpha value is -3.75. The summed E-state index contributed by atoms with van der Waals surface area (Å²) in [6.07, 6.45) is 3.69. The Labute approximate surface area is 159 Å². The summed E-state index contributed by atoms with van der Waals surface area (Å²) in [5.74, 6) is -0.858. The first-order valence-corrected chi connectivity index (χ1v) is 8.69. The third-order valence-corrected chi connectivity index (χ3v) is 4.52. The molecule has 0 spiro atoms. The lowest BCUT2D eigenvalue weighted by molar-refractivity contribution is -0.142. The van der Waals surface area contributed by atoms with Gasteiger partial charge in [-0.25, -0.2) is 14.3 Å². The maximum Gasteiger partial charge on any atom is 0.328 e. The van der Waals surface area contributed by atoms with Crippen molar-refractivity contribution in [1.82, 2.24) is 29.9 Å². The monoisotopic (exact) mass is 378 g/mol. The maximum atomic E-state index is 12.7. The van der Waals surface area contributed by atoms with Gasteiger partial charge in [-0.3, -0.25) is 4.79 Å². The third kappa shape index (κ3) is 3.18. The van der Waals surface area contributed by atoms with Crippen molar-refractivity contribution < 1.29 is 14.3 Å². The summed E-state index contributed by atoms with van der Waals surface area (Å²) in [6, 6.07) is 8.62. The summed E-state index contributed by atoms with van der Waals surface area (Å²) in [5.41, 5.74) is 2.64. The van der Waals surface area contributed by atoms with E-state index in [-0.39, 0.29) is 12.2 Å². The Bertz CT molecular complexity index is 1180. The Morgan fingerprint density at radius 3 is 2.89 bits per heavy atom. The minimum Gasteiger partial charge on any atom is -0.467 e. The van der Waals surface area contributed by atoms with Crippen LogP contribution in [-0.2, 0) is 16.0 Å². The molecule has 142 valence electrons. The number of hydrogen-bond acceptors (Lipinski definition) is 6. The summed E-state index contributed by atoms with van der Waals surface area (Å²) in [5, 5.41) is 7.83. The maximum absolute atomic E-state index is 12.7. The highest BCUT2D eigenvalue weighted by Crippen LogP contribution is 2.19. The summed E-state index contributed by atoms with van der Waals surface area (Å²) >= 11 is 0. The minimum atomic E-state index is -0.877. The molecule has 0 radical (unpaired) electrons. The summed E-state index contributed by atoms with van der Waals surface area (Å²) < 4.78 is 6.34. The van der Waals surface area contributed by atoms with Crippen LogP contribution in [0.4, 0.5) is 0 Å². The number of nitrogens with one attached hydrogen (secondary N) is 2. The standard InChI is InChI=1S/C19H18N6O3/c1-11-7-8-20-19-23-16(24-25(11)19)17(26)22-15(18(27)28-2)9-12-10-21-14-6-4-3-5-13(12)14/h3-8,10,15,21H,9H2,1-2H3,(H,22,26). The Balaban J connectivity index is 1.60. The molecule has 1 amide bonds. The number of carbonyl (C=O) groups excluding carboxylic acids is 2. The van der Waals surface area contributed by atoms with Crippen molar-refractivity contribution in [3.8, 4) is 0 Å². The molecule has 1 atom stereocenters. The second-order valence-corrected chi connectivity index (χ2v) is 6.35. The lowest BCUT2D eigenvalue weighted by atomic mass is 10.0. The van der Waals surface area contributed by atoms with E-state index in [1.54, 1.807) is 12.3 Å². The van der Waals surface area contributed by atoms with Crippen LogP contribution in [0.5, 0.6) is 0 Å². The number of hydrogen-bond donors (Lipinski definition) is 2. The van der Waals surface area contributed by atoms with Crippen LogP contribution in [0.1, 0.15) is 21.9 Å². The highest BCUT2D eigenvalue weighted by molar-refractivity contribution is 5.94. The molecule has 3 aromatic heterocycles. The molecule has 0 aliphatic heterocycles. The number of amides is 1. The average molecular weight is 378 g/mol. The molecule has 3 heterocycles. The van der Waals surface area contributed by atoms with Gasteiger partial charge in [-0.1, -0.05) is 18.2 Å². The van der Waals surface area contributed by atoms with E-state index in [1.165, 1.54) is 11.6 Å².